The Bertz CT molecular complexity index is 576. The molecule has 0 bridgehead atoms. The van der Waals surface area contributed by atoms with E-state index in [1.807, 2.05) is 6.92 Å². The number of hydrogen-bond acceptors (Lipinski definition) is 2. The van der Waals surface area contributed by atoms with Crippen molar-refractivity contribution in [2.75, 3.05) is 0 Å². The summed E-state index contributed by atoms with van der Waals surface area (Å²) in [6.07, 6.45) is -3.38. The summed E-state index contributed by atoms with van der Waals surface area (Å²) >= 11 is 0. The Kier molecular flexibility index (Phi) is 4.25. The van der Waals surface area contributed by atoms with Crippen LogP contribution in [0.5, 0.6) is 5.75 Å². The fourth-order valence-corrected chi connectivity index (χ4v) is 2.21. The molecule has 114 valence electrons. The number of aliphatic carboxylic acids is 1. The van der Waals surface area contributed by atoms with Crippen molar-refractivity contribution in [1.82, 2.24) is 0 Å². The van der Waals surface area contributed by atoms with Crippen molar-refractivity contribution in [1.29, 1.82) is 0 Å². The molecule has 0 saturated heterocycles. The molecule has 6 heteroatoms. The highest BCUT2D eigenvalue weighted by Crippen LogP contribution is 2.37. The van der Waals surface area contributed by atoms with Crippen molar-refractivity contribution in [2.24, 2.45) is 0 Å². The van der Waals surface area contributed by atoms with Crippen LogP contribution in [-0.4, -0.2) is 23.4 Å². The first-order valence-electron chi connectivity index (χ1n) is 6.64. The van der Waals surface area contributed by atoms with Crippen LogP contribution in [0.1, 0.15) is 30.9 Å². The zero-order valence-electron chi connectivity index (χ0n) is 11.4. The van der Waals surface area contributed by atoms with Gasteiger partial charge in [-0.05, 0) is 36.6 Å². The second-order valence-corrected chi connectivity index (χ2v) is 4.92. The highest BCUT2D eigenvalue weighted by Gasteiger charge is 2.48. The Morgan fingerprint density at radius 3 is 2.67 bits per heavy atom. The lowest BCUT2D eigenvalue weighted by atomic mass is 9.98. The maximum Gasteiger partial charge on any atom is 0.430 e. The summed E-state index contributed by atoms with van der Waals surface area (Å²) in [6.45, 7) is 2.04. The standard InChI is InChI=1S/C15H15F3O3/c1-2-3-4-9-5-6-12-10(7-9)8-11(14(19)20)13(21-12)15(16,17)18/h5-8,13H,2-4H2,1H3,(H,19,20). The fourth-order valence-electron chi connectivity index (χ4n) is 2.21. The van der Waals surface area contributed by atoms with Crippen LogP contribution in [0.2, 0.25) is 0 Å². The molecule has 0 aromatic heterocycles. The van der Waals surface area contributed by atoms with E-state index < -0.39 is 23.8 Å². The number of rotatable bonds is 4. The molecule has 1 heterocycles. The van der Waals surface area contributed by atoms with Gasteiger partial charge in [0.15, 0.2) is 0 Å². The normalized spacial score (nSPS) is 17.7. The van der Waals surface area contributed by atoms with Gasteiger partial charge in [0, 0.05) is 5.56 Å². The third-order valence-electron chi connectivity index (χ3n) is 3.28. The van der Waals surface area contributed by atoms with Gasteiger partial charge in [-0.1, -0.05) is 19.4 Å². The van der Waals surface area contributed by atoms with Crippen LogP contribution in [0.25, 0.3) is 6.08 Å². The number of ether oxygens (including phenoxy) is 1. The molecule has 1 atom stereocenters. The van der Waals surface area contributed by atoms with Crippen LogP contribution in [0.15, 0.2) is 23.8 Å². The van der Waals surface area contributed by atoms with Crippen molar-refractivity contribution in [3.63, 3.8) is 0 Å². The van der Waals surface area contributed by atoms with Gasteiger partial charge in [-0.25, -0.2) is 4.79 Å². The van der Waals surface area contributed by atoms with Gasteiger partial charge in [-0.15, -0.1) is 0 Å². The first-order chi connectivity index (χ1) is 9.82. The Labute approximate surface area is 120 Å². The second-order valence-electron chi connectivity index (χ2n) is 4.92. The van der Waals surface area contributed by atoms with E-state index >= 15 is 0 Å². The minimum Gasteiger partial charge on any atom is -0.478 e. The number of carboxylic acids is 1. The number of hydrogen-bond donors (Lipinski definition) is 1. The summed E-state index contributed by atoms with van der Waals surface area (Å²) in [6, 6.07) is 4.86. The third-order valence-corrected chi connectivity index (χ3v) is 3.28. The molecular weight excluding hydrogens is 285 g/mol. The Morgan fingerprint density at radius 1 is 1.38 bits per heavy atom. The van der Waals surface area contributed by atoms with E-state index in [4.69, 9.17) is 9.84 Å². The van der Waals surface area contributed by atoms with E-state index in [1.165, 1.54) is 6.07 Å². The third kappa shape index (κ3) is 3.37. The number of unbranched alkanes of at least 4 members (excludes halogenated alkanes) is 1. The fraction of sp³-hybridized carbons (Fsp3) is 0.400. The topological polar surface area (TPSA) is 46.5 Å². The van der Waals surface area contributed by atoms with Gasteiger partial charge in [0.2, 0.25) is 6.10 Å². The smallest absolute Gasteiger partial charge is 0.430 e. The van der Waals surface area contributed by atoms with E-state index in [0.717, 1.165) is 30.9 Å². The number of fused-ring (bicyclic) bond motifs is 1. The molecule has 0 radical (unpaired) electrons. The van der Waals surface area contributed by atoms with Gasteiger partial charge in [-0.2, -0.15) is 13.2 Å². The monoisotopic (exact) mass is 300 g/mol. The summed E-state index contributed by atoms with van der Waals surface area (Å²) in [5, 5.41) is 8.96. The zero-order valence-corrected chi connectivity index (χ0v) is 11.4. The molecule has 1 aliphatic heterocycles. The Hall–Kier alpha value is -1.98. The first kappa shape index (κ1) is 15.4. The molecule has 1 aromatic carbocycles. The number of alkyl halides is 3. The quantitative estimate of drug-likeness (QED) is 0.919. The summed E-state index contributed by atoms with van der Waals surface area (Å²) in [7, 11) is 0. The van der Waals surface area contributed by atoms with Crippen LogP contribution in [0.4, 0.5) is 13.2 Å². The van der Waals surface area contributed by atoms with Crippen LogP contribution >= 0.6 is 0 Å². The molecule has 0 fully saturated rings. The molecule has 1 aromatic rings. The van der Waals surface area contributed by atoms with Crippen molar-refractivity contribution >= 4 is 12.0 Å². The molecule has 3 nitrogen and oxygen atoms in total. The van der Waals surface area contributed by atoms with Crippen LogP contribution in [0.3, 0.4) is 0 Å². The molecule has 21 heavy (non-hydrogen) atoms. The summed E-state index contributed by atoms with van der Waals surface area (Å²) < 4.78 is 43.4. The maximum absolute atomic E-state index is 12.9. The molecule has 0 spiro atoms. The van der Waals surface area contributed by atoms with Gasteiger partial charge in [0.1, 0.15) is 5.75 Å². The average molecular weight is 300 g/mol. The van der Waals surface area contributed by atoms with Crippen molar-refractivity contribution in [3.05, 3.63) is 34.9 Å². The van der Waals surface area contributed by atoms with E-state index in [2.05, 4.69) is 0 Å². The minimum absolute atomic E-state index is 0.0579. The molecular formula is C15H15F3O3. The number of carbonyl (C=O) groups is 1. The molecule has 1 aliphatic rings. The van der Waals surface area contributed by atoms with Crippen molar-refractivity contribution in [3.8, 4) is 5.75 Å². The molecule has 0 aliphatic carbocycles. The predicted octanol–water partition coefficient (Wildman–Crippen LogP) is 3.82. The SMILES string of the molecule is CCCCc1ccc2c(c1)C=C(C(=O)O)C(C(F)(F)F)O2. The second kappa shape index (κ2) is 5.79. The Morgan fingerprint density at radius 2 is 2.10 bits per heavy atom. The van der Waals surface area contributed by atoms with Crippen LogP contribution < -0.4 is 4.74 Å². The average Bonchev–Trinajstić information content (AvgIpc) is 2.42. The van der Waals surface area contributed by atoms with Gasteiger partial charge < -0.3 is 9.84 Å². The summed E-state index contributed by atoms with van der Waals surface area (Å²) in [5.74, 6) is -1.57. The molecule has 1 unspecified atom stereocenters. The Balaban J connectivity index is 2.39. The number of benzene rings is 1. The van der Waals surface area contributed by atoms with E-state index in [0.29, 0.717) is 5.56 Å². The molecule has 0 saturated carbocycles. The van der Waals surface area contributed by atoms with Crippen LogP contribution in [0, 0.1) is 0 Å². The van der Waals surface area contributed by atoms with Gasteiger partial charge in [-0.3, -0.25) is 0 Å². The molecule has 2 rings (SSSR count). The van der Waals surface area contributed by atoms with Gasteiger partial charge in [0.05, 0.1) is 5.57 Å². The van der Waals surface area contributed by atoms with Crippen molar-refractivity contribution < 1.29 is 27.8 Å². The number of halogens is 3. The lowest BCUT2D eigenvalue weighted by molar-refractivity contribution is -0.187. The first-order valence-corrected chi connectivity index (χ1v) is 6.64. The molecule has 1 N–H and O–H groups in total. The number of carboxylic acid groups (broad SMARTS) is 1. The van der Waals surface area contributed by atoms with Gasteiger partial charge >= 0.3 is 12.1 Å². The van der Waals surface area contributed by atoms with E-state index in [9.17, 15) is 18.0 Å². The lowest BCUT2D eigenvalue weighted by Gasteiger charge is -2.27. The number of aryl methyl sites for hydroxylation is 1. The van der Waals surface area contributed by atoms with E-state index in [-0.39, 0.29) is 5.75 Å². The van der Waals surface area contributed by atoms with Crippen molar-refractivity contribution in [2.45, 2.75) is 38.5 Å². The molecule has 0 amide bonds. The lowest BCUT2D eigenvalue weighted by Crippen LogP contribution is -2.40. The van der Waals surface area contributed by atoms with E-state index in [1.54, 1.807) is 12.1 Å². The highest BCUT2D eigenvalue weighted by atomic mass is 19.4. The minimum atomic E-state index is -4.76. The summed E-state index contributed by atoms with van der Waals surface area (Å²) in [5.41, 5.74) is 0.537. The van der Waals surface area contributed by atoms with Crippen LogP contribution in [-0.2, 0) is 11.2 Å². The van der Waals surface area contributed by atoms with Gasteiger partial charge in [0.25, 0.3) is 0 Å². The highest BCUT2D eigenvalue weighted by molar-refractivity contribution is 5.95. The largest absolute Gasteiger partial charge is 0.478 e. The maximum atomic E-state index is 12.9. The zero-order chi connectivity index (χ0) is 15.6. The predicted molar refractivity (Wildman–Crippen MR) is 71.1 cm³/mol. The summed E-state index contributed by atoms with van der Waals surface area (Å²) in [4.78, 5) is 11.0.